The van der Waals surface area contributed by atoms with Gasteiger partial charge < -0.3 is 46.3 Å². The molecule has 1 aliphatic rings. The van der Waals surface area contributed by atoms with E-state index in [1.54, 1.807) is 18.3 Å². The van der Waals surface area contributed by atoms with E-state index in [9.17, 15) is 18.8 Å². The number of carboxylic acid groups (broad SMARTS) is 2. The van der Waals surface area contributed by atoms with Crippen LogP contribution in [-0.2, 0) is 20.9 Å². The summed E-state index contributed by atoms with van der Waals surface area (Å²) >= 11 is 0. The smallest absolute Gasteiger partial charge is 0.437 e. The maximum Gasteiger partial charge on any atom is 0.437 e. The highest BCUT2D eigenvalue weighted by atomic mass is 19.1. The van der Waals surface area contributed by atoms with Crippen molar-refractivity contribution in [2.24, 2.45) is 16.5 Å². The minimum Gasteiger partial charge on any atom is -0.485 e. The number of nitrogens with two attached hydrogens (primary N) is 2. The zero-order valence-electron chi connectivity index (χ0n) is 19.5. The molecule has 0 aliphatic carbocycles. The first-order valence-electron chi connectivity index (χ1n) is 10.6. The summed E-state index contributed by atoms with van der Waals surface area (Å²) in [4.78, 5) is 40.1. The number of aliphatic carboxylic acids is 2. The number of benzene rings is 1. The largest absolute Gasteiger partial charge is 0.485 e. The Kier molecular flexibility index (Phi) is 10.1. The molecule has 2 heterocycles. The molecule has 14 nitrogen and oxygen atoms in total. The number of aromatic nitrogens is 1. The number of ether oxygens (including phenoxy) is 2. The standard InChI is InChI=1S/C18H20FN5O3.C4H6O6/c1-11-15(6-3-7-22-11)27-13-8-24(9-13)14-5-2-4-12(16(14)19)10-26-18(25)23-17(20)21;5-1(3(7)8)2(6)4(9)10/h2-7,13H,8-10H2,1H3,(H4,20,21,23,25);1-2,5-6H,(H,7,8)(H,9,10)/t;1-,2-/m.1/s1. The quantitative estimate of drug-likeness (QED) is 0.191. The van der Waals surface area contributed by atoms with Gasteiger partial charge in [-0.1, -0.05) is 12.1 Å². The van der Waals surface area contributed by atoms with Crippen LogP contribution in [0.15, 0.2) is 41.5 Å². The fourth-order valence-corrected chi connectivity index (χ4v) is 2.95. The fraction of sp³-hybridized carbons (Fsp3) is 0.318. The molecule has 15 heteroatoms. The molecule has 1 saturated heterocycles. The van der Waals surface area contributed by atoms with Gasteiger partial charge in [0, 0.05) is 11.8 Å². The molecule has 2 aromatic rings. The molecule has 1 fully saturated rings. The first kappa shape index (κ1) is 28.7. The number of carboxylic acids is 2. The molecule has 37 heavy (non-hydrogen) atoms. The maximum atomic E-state index is 14.7. The predicted molar refractivity (Wildman–Crippen MR) is 125 cm³/mol. The Balaban J connectivity index is 0.000000410. The number of halogens is 1. The summed E-state index contributed by atoms with van der Waals surface area (Å²) in [6.45, 7) is 2.70. The van der Waals surface area contributed by atoms with Gasteiger partial charge in [0.25, 0.3) is 0 Å². The fourth-order valence-electron chi connectivity index (χ4n) is 2.95. The summed E-state index contributed by atoms with van der Waals surface area (Å²) in [5.41, 5.74) is 11.7. The number of nitrogens with zero attached hydrogens (tertiary/aromatic N) is 3. The van der Waals surface area contributed by atoms with Crippen molar-refractivity contribution in [3.05, 3.63) is 53.6 Å². The molecular weight excluding hydrogens is 497 g/mol. The van der Waals surface area contributed by atoms with Crippen molar-refractivity contribution in [3.8, 4) is 5.75 Å². The Bertz CT molecular complexity index is 1140. The van der Waals surface area contributed by atoms with E-state index in [4.69, 9.17) is 41.4 Å². The topological polar surface area (TPSA) is 231 Å². The second-order valence-electron chi connectivity index (χ2n) is 7.64. The average molecular weight is 523 g/mol. The van der Waals surface area contributed by atoms with E-state index in [1.165, 1.54) is 6.07 Å². The Morgan fingerprint density at radius 2 is 1.76 bits per heavy atom. The number of amides is 1. The number of aliphatic hydroxyl groups excluding tert-OH is 2. The third-order valence-electron chi connectivity index (χ3n) is 4.88. The van der Waals surface area contributed by atoms with E-state index in [2.05, 4.69) is 9.98 Å². The van der Waals surface area contributed by atoms with Gasteiger partial charge in [-0.25, -0.2) is 18.8 Å². The molecule has 2 atom stereocenters. The summed E-state index contributed by atoms with van der Waals surface area (Å²) < 4.78 is 25.4. The maximum absolute atomic E-state index is 14.7. The van der Waals surface area contributed by atoms with Crippen LogP contribution >= 0.6 is 0 Å². The van der Waals surface area contributed by atoms with Crippen molar-refractivity contribution in [1.82, 2.24) is 4.98 Å². The van der Waals surface area contributed by atoms with Crippen LogP contribution in [0.2, 0.25) is 0 Å². The number of hydrogen-bond donors (Lipinski definition) is 6. The van der Waals surface area contributed by atoms with Crippen molar-refractivity contribution in [3.63, 3.8) is 0 Å². The van der Waals surface area contributed by atoms with Crippen LogP contribution < -0.4 is 21.1 Å². The highest BCUT2D eigenvalue weighted by Crippen LogP contribution is 2.29. The second kappa shape index (κ2) is 13.0. The lowest BCUT2D eigenvalue weighted by Crippen LogP contribution is -2.54. The van der Waals surface area contributed by atoms with E-state index in [1.807, 2.05) is 24.0 Å². The van der Waals surface area contributed by atoms with E-state index in [0.29, 0.717) is 18.8 Å². The van der Waals surface area contributed by atoms with Crippen LogP contribution in [0.5, 0.6) is 5.75 Å². The first-order valence-corrected chi connectivity index (χ1v) is 10.6. The predicted octanol–water partition coefficient (Wildman–Crippen LogP) is -0.416. The minimum absolute atomic E-state index is 0.0457. The van der Waals surface area contributed by atoms with Gasteiger partial charge in [-0.3, -0.25) is 4.98 Å². The van der Waals surface area contributed by atoms with Crippen LogP contribution in [0, 0.1) is 12.7 Å². The molecule has 8 N–H and O–H groups in total. The number of aliphatic hydroxyl groups is 2. The zero-order chi connectivity index (χ0) is 27.7. The molecule has 3 rings (SSSR count). The number of aliphatic imine (C=N–C) groups is 1. The van der Waals surface area contributed by atoms with Crippen molar-refractivity contribution in [2.75, 3.05) is 18.0 Å². The molecule has 0 unspecified atom stereocenters. The summed E-state index contributed by atoms with van der Waals surface area (Å²) in [6.07, 6.45) is -3.84. The highest BCUT2D eigenvalue weighted by molar-refractivity contribution is 5.87. The Morgan fingerprint density at radius 3 is 2.30 bits per heavy atom. The lowest BCUT2D eigenvalue weighted by atomic mass is 10.1. The SMILES string of the molecule is Cc1ncccc1OC1CN(c2cccc(COC(=O)N=C(N)N)c2F)C1.O=C(O)[C@H](O)[C@@H](O)C(=O)O. The summed E-state index contributed by atoms with van der Waals surface area (Å²) in [7, 11) is 0. The number of rotatable bonds is 8. The molecule has 1 aromatic carbocycles. The van der Waals surface area contributed by atoms with Crippen molar-refractivity contribution in [1.29, 1.82) is 0 Å². The molecular formula is C22H26FN5O9. The van der Waals surface area contributed by atoms with E-state index in [-0.39, 0.29) is 18.3 Å². The molecule has 0 bridgehead atoms. The van der Waals surface area contributed by atoms with Gasteiger partial charge in [0.15, 0.2) is 24.0 Å². The Labute approximate surface area is 209 Å². The summed E-state index contributed by atoms with van der Waals surface area (Å²) in [6, 6.07) is 8.57. The van der Waals surface area contributed by atoms with Gasteiger partial charge in [-0.2, -0.15) is 0 Å². The number of hydrogen-bond acceptors (Lipinski definition) is 9. The van der Waals surface area contributed by atoms with Crippen molar-refractivity contribution < 1.29 is 48.7 Å². The van der Waals surface area contributed by atoms with E-state index < -0.39 is 42.0 Å². The molecule has 1 aromatic heterocycles. The van der Waals surface area contributed by atoms with Crippen LogP contribution in [0.1, 0.15) is 11.3 Å². The minimum atomic E-state index is -2.27. The van der Waals surface area contributed by atoms with E-state index >= 15 is 0 Å². The molecule has 0 saturated carbocycles. The van der Waals surface area contributed by atoms with Crippen LogP contribution in [0.3, 0.4) is 0 Å². The summed E-state index contributed by atoms with van der Waals surface area (Å²) in [5.74, 6) is -3.68. The Morgan fingerprint density at radius 1 is 1.14 bits per heavy atom. The first-order chi connectivity index (χ1) is 17.4. The number of pyridine rings is 1. The third-order valence-corrected chi connectivity index (χ3v) is 4.88. The Hall–Kier alpha value is -4.50. The molecule has 200 valence electrons. The molecule has 1 aliphatic heterocycles. The third kappa shape index (κ3) is 8.29. The van der Waals surface area contributed by atoms with Gasteiger partial charge >= 0.3 is 18.0 Å². The number of aryl methyl sites for hydroxylation is 1. The number of carbonyl (C=O) groups excluding carboxylic acids is 1. The normalized spacial score (nSPS) is 14.2. The molecule has 0 spiro atoms. The van der Waals surface area contributed by atoms with Gasteiger partial charge in [0.2, 0.25) is 0 Å². The zero-order valence-corrected chi connectivity index (χ0v) is 19.5. The second-order valence-corrected chi connectivity index (χ2v) is 7.64. The highest BCUT2D eigenvalue weighted by Gasteiger charge is 2.31. The van der Waals surface area contributed by atoms with E-state index in [0.717, 1.165) is 11.4 Å². The van der Waals surface area contributed by atoms with Crippen LogP contribution in [-0.4, -0.2) is 80.8 Å². The van der Waals surface area contributed by atoms with Crippen molar-refractivity contribution in [2.45, 2.75) is 31.8 Å². The van der Waals surface area contributed by atoms with Crippen LogP contribution in [0.4, 0.5) is 14.9 Å². The molecule has 1 amide bonds. The number of guanidine groups is 1. The lowest BCUT2D eigenvalue weighted by Gasteiger charge is -2.41. The van der Waals surface area contributed by atoms with Crippen molar-refractivity contribution >= 4 is 29.7 Å². The monoisotopic (exact) mass is 523 g/mol. The van der Waals surface area contributed by atoms with Gasteiger partial charge in [0.1, 0.15) is 18.5 Å². The van der Waals surface area contributed by atoms with Gasteiger partial charge in [0.05, 0.1) is 24.5 Å². The summed E-state index contributed by atoms with van der Waals surface area (Å²) in [5, 5.41) is 32.5. The molecule has 0 radical (unpaired) electrons. The average Bonchev–Trinajstić information content (AvgIpc) is 2.80. The lowest BCUT2D eigenvalue weighted by molar-refractivity contribution is -0.165. The van der Waals surface area contributed by atoms with Gasteiger partial charge in [-0.15, -0.1) is 4.99 Å². The van der Waals surface area contributed by atoms with Gasteiger partial charge in [-0.05, 0) is 25.1 Å². The number of anilines is 1. The van der Waals surface area contributed by atoms with Crippen LogP contribution in [0.25, 0.3) is 0 Å². The number of carbonyl (C=O) groups is 3.